The molecular formula is C9H5IN2S. The van der Waals surface area contributed by atoms with Crippen molar-refractivity contribution in [1.82, 2.24) is 0 Å². The second-order valence-corrected chi connectivity index (χ2v) is 4.78. The number of halogens is 1. The number of nitrogen functional groups attached to an aromatic ring is 1. The van der Waals surface area contributed by atoms with Gasteiger partial charge >= 0.3 is 0 Å². The van der Waals surface area contributed by atoms with E-state index in [1.54, 1.807) is 0 Å². The van der Waals surface area contributed by atoms with E-state index in [-0.39, 0.29) is 0 Å². The summed E-state index contributed by atoms with van der Waals surface area (Å²) in [5, 5.41) is 9.81. The molecule has 4 heteroatoms. The fraction of sp³-hybridized carbons (Fsp3) is 0. The largest absolute Gasteiger partial charge is 0.396 e. The molecule has 0 aliphatic carbocycles. The fourth-order valence-electron chi connectivity index (χ4n) is 1.21. The quantitative estimate of drug-likeness (QED) is 0.760. The summed E-state index contributed by atoms with van der Waals surface area (Å²) in [6.07, 6.45) is 0. The molecule has 0 atom stereocenters. The SMILES string of the molecule is N#Cc1sc2cccc(I)c2c1N. The highest BCUT2D eigenvalue weighted by Crippen LogP contribution is 2.35. The summed E-state index contributed by atoms with van der Waals surface area (Å²) in [5.74, 6) is 0. The number of hydrogen-bond acceptors (Lipinski definition) is 3. The van der Waals surface area contributed by atoms with Gasteiger partial charge in [0.25, 0.3) is 0 Å². The van der Waals surface area contributed by atoms with E-state index in [1.807, 2.05) is 18.2 Å². The third kappa shape index (κ3) is 1.28. The number of thiophene rings is 1. The molecule has 13 heavy (non-hydrogen) atoms. The van der Waals surface area contributed by atoms with Crippen molar-refractivity contribution in [2.75, 3.05) is 5.73 Å². The van der Waals surface area contributed by atoms with Crippen molar-refractivity contribution >= 4 is 49.7 Å². The molecule has 1 heterocycles. The van der Waals surface area contributed by atoms with E-state index in [4.69, 9.17) is 11.0 Å². The van der Waals surface area contributed by atoms with Gasteiger partial charge in [-0.2, -0.15) is 5.26 Å². The van der Waals surface area contributed by atoms with E-state index in [0.717, 1.165) is 13.7 Å². The van der Waals surface area contributed by atoms with Crippen LogP contribution in [0.15, 0.2) is 18.2 Å². The number of rotatable bonds is 0. The zero-order chi connectivity index (χ0) is 9.42. The number of nitrogens with two attached hydrogens (primary N) is 1. The maximum Gasteiger partial charge on any atom is 0.129 e. The van der Waals surface area contributed by atoms with Crippen molar-refractivity contribution < 1.29 is 0 Å². The van der Waals surface area contributed by atoms with Crippen LogP contribution >= 0.6 is 33.9 Å². The van der Waals surface area contributed by atoms with Gasteiger partial charge in [-0.15, -0.1) is 11.3 Å². The molecule has 0 saturated heterocycles. The molecular weight excluding hydrogens is 295 g/mol. The Morgan fingerprint density at radius 2 is 2.23 bits per heavy atom. The van der Waals surface area contributed by atoms with Crippen molar-refractivity contribution in [2.24, 2.45) is 0 Å². The standard InChI is InChI=1S/C9H5IN2S/c10-5-2-1-3-6-8(5)9(12)7(4-11)13-6/h1-3H,12H2. The van der Waals surface area contributed by atoms with E-state index in [2.05, 4.69) is 28.7 Å². The lowest BCUT2D eigenvalue weighted by molar-refractivity contribution is 1.52. The lowest BCUT2D eigenvalue weighted by atomic mass is 10.2. The second kappa shape index (κ2) is 3.16. The summed E-state index contributed by atoms with van der Waals surface area (Å²) in [5.41, 5.74) is 6.45. The average molecular weight is 300 g/mol. The molecule has 1 aromatic carbocycles. The van der Waals surface area contributed by atoms with Gasteiger partial charge < -0.3 is 5.73 Å². The molecule has 0 aliphatic heterocycles. The number of hydrogen-bond donors (Lipinski definition) is 1. The first-order valence-corrected chi connectivity index (χ1v) is 5.50. The Morgan fingerprint density at radius 1 is 1.46 bits per heavy atom. The van der Waals surface area contributed by atoms with Crippen molar-refractivity contribution in [3.63, 3.8) is 0 Å². The predicted octanol–water partition coefficient (Wildman–Crippen LogP) is 2.96. The van der Waals surface area contributed by atoms with Gasteiger partial charge in [-0.1, -0.05) is 6.07 Å². The van der Waals surface area contributed by atoms with Crippen LogP contribution in [-0.2, 0) is 0 Å². The van der Waals surface area contributed by atoms with Gasteiger partial charge in [-0.05, 0) is 34.7 Å². The van der Waals surface area contributed by atoms with Crippen molar-refractivity contribution in [3.8, 4) is 6.07 Å². The highest BCUT2D eigenvalue weighted by atomic mass is 127. The zero-order valence-electron chi connectivity index (χ0n) is 6.54. The van der Waals surface area contributed by atoms with Gasteiger partial charge in [0.05, 0.1) is 5.69 Å². The number of anilines is 1. The van der Waals surface area contributed by atoms with Crippen LogP contribution in [0.3, 0.4) is 0 Å². The Kier molecular flexibility index (Phi) is 2.14. The third-order valence-electron chi connectivity index (χ3n) is 1.80. The van der Waals surface area contributed by atoms with Crippen LogP contribution in [0, 0.1) is 14.9 Å². The van der Waals surface area contributed by atoms with Crippen LogP contribution in [-0.4, -0.2) is 0 Å². The third-order valence-corrected chi connectivity index (χ3v) is 3.78. The molecule has 0 aliphatic rings. The van der Waals surface area contributed by atoms with E-state index in [9.17, 15) is 0 Å². The minimum atomic E-state index is 0.610. The van der Waals surface area contributed by atoms with E-state index in [1.165, 1.54) is 11.3 Å². The normalized spacial score (nSPS) is 10.2. The molecule has 0 saturated carbocycles. The molecule has 1 aromatic heterocycles. The van der Waals surface area contributed by atoms with Crippen molar-refractivity contribution in [3.05, 3.63) is 26.6 Å². The van der Waals surface area contributed by atoms with Crippen LogP contribution in [0.25, 0.3) is 10.1 Å². The topological polar surface area (TPSA) is 49.8 Å². The molecule has 0 unspecified atom stereocenters. The summed E-state index contributed by atoms with van der Waals surface area (Å²) in [7, 11) is 0. The molecule has 2 N–H and O–H groups in total. The molecule has 64 valence electrons. The van der Waals surface area contributed by atoms with Gasteiger partial charge in [0, 0.05) is 13.7 Å². The van der Waals surface area contributed by atoms with Gasteiger partial charge in [0.15, 0.2) is 0 Å². The molecule has 2 rings (SSSR count). The predicted molar refractivity (Wildman–Crippen MR) is 63.7 cm³/mol. The molecule has 0 radical (unpaired) electrons. The maximum absolute atomic E-state index is 8.79. The van der Waals surface area contributed by atoms with E-state index < -0.39 is 0 Å². The van der Waals surface area contributed by atoms with Gasteiger partial charge in [0.2, 0.25) is 0 Å². The summed E-state index contributed by atoms with van der Waals surface area (Å²) in [4.78, 5) is 0.610. The van der Waals surface area contributed by atoms with Gasteiger partial charge in [0.1, 0.15) is 10.9 Å². The zero-order valence-corrected chi connectivity index (χ0v) is 9.52. The molecule has 2 aromatic rings. The van der Waals surface area contributed by atoms with E-state index in [0.29, 0.717) is 10.6 Å². The van der Waals surface area contributed by atoms with Crippen LogP contribution in [0.2, 0.25) is 0 Å². The summed E-state index contributed by atoms with van der Waals surface area (Å²) in [6.45, 7) is 0. The monoisotopic (exact) mass is 300 g/mol. The number of nitriles is 1. The van der Waals surface area contributed by atoms with Gasteiger partial charge in [-0.25, -0.2) is 0 Å². The molecule has 0 bridgehead atoms. The first kappa shape index (κ1) is 8.78. The Bertz CT molecular complexity index is 510. The molecule has 0 amide bonds. The first-order valence-electron chi connectivity index (χ1n) is 3.60. The minimum absolute atomic E-state index is 0.610. The number of fused-ring (bicyclic) bond motifs is 1. The Labute approximate surface area is 93.1 Å². The number of benzene rings is 1. The van der Waals surface area contributed by atoms with E-state index >= 15 is 0 Å². The van der Waals surface area contributed by atoms with Crippen LogP contribution in [0.5, 0.6) is 0 Å². The average Bonchev–Trinajstić information content (AvgIpc) is 2.44. The fourth-order valence-corrected chi connectivity index (χ4v) is 3.13. The van der Waals surface area contributed by atoms with Crippen LogP contribution < -0.4 is 5.73 Å². The molecule has 0 spiro atoms. The maximum atomic E-state index is 8.79. The summed E-state index contributed by atoms with van der Waals surface area (Å²) >= 11 is 3.68. The van der Waals surface area contributed by atoms with Crippen molar-refractivity contribution in [1.29, 1.82) is 5.26 Å². The lowest BCUT2D eigenvalue weighted by Crippen LogP contribution is -1.85. The highest BCUT2D eigenvalue weighted by Gasteiger charge is 2.10. The van der Waals surface area contributed by atoms with Crippen LogP contribution in [0.1, 0.15) is 4.88 Å². The first-order chi connectivity index (χ1) is 6.24. The summed E-state index contributed by atoms with van der Waals surface area (Å²) < 4.78 is 2.19. The van der Waals surface area contributed by atoms with Gasteiger partial charge in [-0.3, -0.25) is 0 Å². The summed E-state index contributed by atoms with van der Waals surface area (Å²) in [6, 6.07) is 8.05. The minimum Gasteiger partial charge on any atom is -0.396 e. The lowest BCUT2D eigenvalue weighted by Gasteiger charge is -1.94. The highest BCUT2D eigenvalue weighted by molar-refractivity contribution is 14.1. The Hall–Kier alpha value is -0.800. The molecule has 2 nitrogen and oxygen atoms in total. The second-order valence-electron chi connectivity index (χ2n) is 2.57. The molecule has 0 fully saturated rings. The van der Waals surface area contributed by atoms with Crippen LogP contribution in [0.4, 0.5) is 5.69 Å². The smallest absolute Gasteiger partial charge is 0.129 e. The van der Waals surface area contributed by atoms with Crippen molar-refractivity contribution in [2.45, 2.75) is 0 Å². The Morgan fingerprint density at radius 3 is 2.85 bits per heavy atom. The Balaban J connectivity index is 2.95. The number of nitrogens with zero attached hydrogens (tertiary/aromatic N) is 1.